The maximum Gasteiger partial charge on any atom is 0.435 e. The lowest BCUT2D eigenvalue weighted by molar-refractivity contribution is -0.348. The Kier molecular flexibility index (Phi) is 3.66. The molecule has 0 spiro atoms. The van der Waals surface area contributed by atoms with Gasteiger partial charge >= 0.3 is 18.0 Å². The van der Waals surface area contributed by atoms with Crippen molar-refractivity contribution in [3.63, 3.8) is 0 Å². The Morgan fingerprint density at radius 3 is 1.47 bits per heavy atom. The lowest BCUT2D eigenvalue weighted by atomic mass is 9.93. The van der Waals surface area contributed by atoms with Gasteiger partial charge in [0.15, 0.2) is 5.78 Å². The fourth-order valence-corrected chi connectivity index (χ4v) is 1.42. The third kappa shape index (κ3) is 2.57. The number of carbonyl (C=O) groups is 1. The number of rotatable bonds is 2. The van der Waals surface area contributed by atoms with Crippen LogP contribution in [-0.2, 0) is 5.67 Å². The summed E-state index contributed by atoms with van der Waals surface area (Å²) in [6.45, 7) is 1.07. The lowest BCUT2D eigenvalue weighted by Crippen LogP contribution is -2.50. The molecule has 0 aliphatic rings. The van der Waals surface area contributed by atoms with Crippen molar-refractivity contribution in [1.29, 1.82) is 0 Å². The molecule has 19 heavy (non-hydrogen) atoms. The number of halogens is 7. The van der Waals surface area contributed by atoms with Crippen molar-refractivity contribution in [2.75, 3.05) is 0 Å². The highest BCUT2D eigenvalue weighted by atomic mass is 19.4. The minimum absolute atomic E-state index is 0.115. The minimum atomic E-state index is -6.15. The summed E-state index contributed by atoms with van der Waals surface area (Å²) < 4.78 is 87.8. The first kappa shape index (κ1) is 15.5. The van der Waals surface area contributed by atoms with Gasteiger partial charge in [-0.3, -0.25) is 4.79 Å². The Labute approximate surface area is 103 Å². The number of hydrogen-bond acceptors (Lipinski definition) is 1. The number of alkyl halides is 7. The van der Waals surface area contributed by atoms with E-state index in [1.165, 1.54) is 0 Å². The summed E-state index contributed by atoms with van der Waals surface area (Å²) in [6.07, 6.45) is -12.3. The van der Waals surface area contributed by atoms with Crippen LogP contribution in [0.15, 0.2) is 24.3 Å². The number of benzene rings is 1. The molecule has 0 bridgehead atoms. The van der Waals surface area contributed by atoms with Gasteiger partial charge in [0.05, 0.1) is 0 Å². The standard InChI is InChI=1S/C11H7F7O/c1-6(19)7-2-4-8(5-3-7)9(12,10(13,14)15)11(16,17)18/h2-5H,1H3. The van der Waals surface area contributed by atoms with Crippen molar-refractivity contribution in [3.05, 3.63) is 35.4 Å². The van der Waals surface area contributed by atoms with E-state index < -0.39 is 29.4 Å². The fraction of sp³-hybridized carbons (Fsp3) is 0.364. The third-order valence-electron chi connectivity index (χ3n) is 2.47. The first-order valence-corrected chi connectivity index (χ1v) is 4.85. The van der Waals surface area contributed by atoms with Crippen molar-refractivity contribution in [2.24, 2.45) is 0 Å². The summed E-state index contributed by atoms with van der Waals surface area (Å²) in [6, 6.07) is 2.03. The molecule has 0 aliphatic carbocycles. The molecule has 0 radical (unpaired) electrons. The molecule has 0 N–H and O–H groups in total. The number of hydrogen-bond donors (Lipinski definition) is 0. The molecule has 1 aromatic carbocycles. The highest BCUT2D eigenvalue weighted by Crippen LogP contribution is 2.53. The summed E-state index contributed by atoms with van der Waals surface area (Å²) in [5.41, 5.74) is -7.19. The molecule has 0 atom stereocenters. The van der Waals surface area contributed by atoms with Gasteiger partial charge in [-0.25, -0.2) is 4.39 Å². The number of ketones is 1. The number of Topliss-reactive ketones (excluding diaryl/α,β-unsaturated/α-hetero) is 1. The van der Waals surface area contributed by atoms with Crippen molar-refractivity contribution >= 4 is 5.78 Å². The van der Waals surface area contributed by atoms with Crippen molar-refractivity contribution < 1.29 is 35.5 Å². The largest absolute Gasteiger partial charge is 0.435 e. The average molecular weight is 288 g/mol. The van der Waals surface area contributed by atoms with E-state index in [1.807, 2.05) is 0 Å². The average Bonchev–Trinajstić information content (AvgIpc) is 2.25. The summed E-state index contributed by atoms with van der Waals surface area (Å²) >= 11 is 0. The van der Waals surface area contributed by atoms with E-state index >= 15 is 0 Å². The molecule has 0 saturated heterocycles. The van der Waals surface area contributed by atoms with Gasteiger partial charge in [0.1, 0.15) is 0 Å². The molecule has 1 nitrogen and oxygen atoms in total. The number of carbonyl (C=O) groups excluding carboxylic acids is 1. The van der Waals surface area contributed by atoms with Crippen LogP contribution in [0.2, 0.25) is 0 Å². The Bertz CT molecular complexity index is 455. The second-order valence-electron chi connectivity index (χ2n) is 3.79. The van der Waals surface area contributed by atoms with Crippen LogP contribution in [-0.4, -0.2) is 18.1 Å². The van der Waals surface area contributed by atoms with Gasteiger partial charge in [-0.1, -0.05) is 24.3 Å². The van der Waals surface area contributed by atoms with Crippen molar-refractivity contribution in [2.45, 2.75) is 24.9 Å². The first-order chi connectivity index (χ1) is 8.41. The third-order valence-corrected chi connectivity index (χ3v) is 2.47. The SMILES string of the molecule is CC(=O)c1ccc(C(F)(C(F)(F)F)C(F)(F)F)cc1. The quantitative estimate of drug-likeness (QED) is 0.589. The van der Waals surface area contributed by atoms with Gasteiger partial charge in [0, 0.05) is 11.1 Å². The molecule has 0 amide bonds. The highest BCUT2D eigenvalue weighted by Gasteiger charge is 2.73. The van der Waals surface area contributed by atoms with E-state index in [4.69, 9.17) is 0 Å². The molecular weight excluding hydrogens is 281 g/mol. The van der Waals surface area contributed by atoms with Crippen LogP contribution < -0.4 is 0 Å². The second-order valence-corrected chi connectivity index (χ2v) is 3.79. The molecule has 0 saturated carbocycles. The van der Waals surface area contributed by atoms with E-state index in [9.17, 15) is 35.5 Å². The minimum Gasteiger partial charge on any atom is -0.295 e. The van der Waals surface area contributed by atoms with Gasteiger partial charge in [-0.2, -0.15) is 26.3 Å². The molecule has 0 unspecified atom stereocenters. The van der Waals surface area contributed by atoms with Crippen LogP contribution in [0.4, 0.5) is 30.7 Å². The normalized spacial score (nSPS) is 13.5. The summed E-state index contributed by atoms with van der Waals surface area (Å²) in [5, 5.41) is 0. The van der Waals surface area contributed by atoms with Gasteiger partial charge in [0.25, 0.3) is 0 Å². The van der Waals surface area contributed by atoms with Crippen LogP contribution >= 0.6 is 0 Å². The monoisotopic (exact) mass is 288 g/mol. The topological polar surface area (TPSA) is 17.1 Å². The molecule has 1 rings (SSSR count). The van der Waals surface area contributed by atoms with Crippen LogP contribution in [0.1, 0.15) is 22.8 Å². The van der Waals surface area contributed by atoms with Gasteiger partial charge in [0.2, 0.25) is 0 Å². The van der Waals surface area contributed by atoms with Crippen LogP contribution in [0.5, 0.6) is 0 Å². The predicted molar refractivity (Wildman–Crippen MR) is 51.3 cm³/mol. The van der Waals surface area contributed by atoms with Gasteiger partial charge < -0.3 is 0 Å². The molecule has 0 aliphatic heterocycles. The predicted octanol–water partition coefficient (Wildman–Crippen LogP) is 4.18. The Morgan fingerprint density at radius 1 is 0.842 bits per heavy atom. The Hall–Kier alpha value is -1.60. The fourth-order valence-electron chi connectivity index (χ4n) is 1.42. The van der Waals surface area contributed by atoms with Crippen molar-refractivity contribution in [1.82, 2.24) is 0 Å². The molecule has 8 heteroatoms. The zero-order chi connectivity index (χ0) is 15.1. The summed E-state index contributed by atoms with van der Waals surface area (Å²) in [7, 11) is 0. The van der Waals surface area contributed by atoms with E-state index in [2.05, 4.69) is 0 Å². The van der Waals surface area contributed by atoms with E-state index in [0.717, 1.165) is 6.92 Å². The summed E-state index contributed by atoms with van der Waals surface area (Å²) in [4.78, 5) is 10.9. The van der Waals surface area contributed by atoms with E-state index in [1.54, 1.807) is 0 Å². The molecule has 0 fully saturated rings. The molecule has 106 valence electrons. The maximum atomic E-state index is 13.5. The molecule has 1 aromatic rings. The Balaban J connectivity index is 3.40. The zero-order valence-electron chi connectivity index (χ0n) is 9.36. The van der Waals surface area contributed by atoms with Crippen molar-refractivity contribution in [3.8, 4) is 0 Å². The van der Waals surface area contributed by atoms with Gasteiger partial charge in [-0.15, -0.1) is 0 Å². The second kappa shape index (κ2) is 4.50. The van der Waals surface area contributed by atoms with Gasteiger partial charge in [-0.05, 0) is 6.92 Å². The zero-order valence-corrected chi connectivity index (χ0v) is 9.36. The van der Waals surface area contributed by atoms with Crippen LogP contribution in [0.25, 0.3) is 0 Å². The van der Waals surface area contributed by atoms with E-state index in [-0.39, 0.29) is 5.56 Å². The lowest BCUT2D eigenvalue weighted by Gasteiger charge is -2.30. The van der Waals surface area contributed by atoms with Crippen LogP contribution in [0.3, 0.4) is 0 Å². The Morgan fingerprint density at radius 2 is 1.21 bits per heavy atom. The van der Waals surface area contributed by atoms with E-state index in [0.29, 0.717) is 24.3 Å². The molecule has 0 aromatic heterocycles. The molecular formula is C11H7F7O. The first-order valence-electron chi connectivity index (χ1n) is 4.85. The highest BCUT2D eigenvalue weighted by molar-refractivity contribution is 5.94. The smallest absolute Gasteiger partial charge is 0.295 e. The maximum absolute atomic E-state index is 13.5. The molecule has 0 heterocycles. The summed E-state index contributed by atoms with van der Waals surface area (Å²) in [5.74, 6) is -0.560. The van der Waals surface area contributed by atoms with Crippen LogP contribution in [0, 0.1) is 0 Å².